The molecule has 1 aliphatic rings. The fraction of sp³-hybridized carbons (Fsp3) is 0.263. The van der Waals surface area contributed by atoms with E-state index < -0.39 is 30.4 Å². The molecule has 2 heterocycles. The predicted octanol–water partition coefficient (Wildman–Crippen LogP) is 2.16. The van der Waals surface area contributed by atoms with E-state index in [0.717, 1.165) is 4.90 Å². The van der Waals surface area contributed by atoms with Crippen LogP contribution in [0.5, 0.6) is 0 Å². The average Bonchev–Trinajstić information content (AvgIpc) is 3.30. The van der Waals surface area contributed by atoms with Crippen LogP contribution in [0, 0.1) is 0 Å². The van der Waals surface area contributed by atoms with E-state index in [4.69, 9.17) is 4.74 Å². The summed E-state index contributed by atoms with van der Waals surface area (Å²) in [6, 6.07) is 8.61. The number of carbonyl (C=O) groups is 4. The molecule has 0 saturated carbocycles. The molecule has 2 amide bonds. The number of amides is 2. The molecule has 1 aromatic heterocycles. The van der Waals surface area contributed by atoms with Crippen molar-refractivity contribution < 1.29 is 23.9 Å². The van der Waals surface area contributed by atoms with E-state index in [1.54, 1.807) is 42.6 Å². The minimum atomic E-state index is -1.07. The topological polar surface area (TPSA) is 96.5 Å². The molecule has 27 heavy (non-hydrogen) atoms. The summed E-state index contributed by atoms with van der Waals surface area (Å²) in [6.45, 7) is -0.460. The van der Waals surface area contributed by atoms with Crippen molar-refractivity contribution in [3.05, 3.63) is 59.4 Å². The number of rotatable bonds is 8. The Morgan fingerprint density at radius 3 is 2.33 bits per heavy atom. The minimum absolute atomic E-state index is 0.252. The van der Waals surface area contributed by atoms with Gasteiger partial charge < -0.3 is 9.72 Å². The highest BCUT2D eigenvalue weighted by Gasteiger charge is 2.43. The number of hydrogen-bond donors (Lipinski definition) is 1. The second kappa shape index (κ2) is 8.22. The van der Waals surface area contributed by atoms with Gasteiger partial charge in [0, 0.05) is 6.20 Å². The summed E-state index contributed by atoms with van der Waals surface area (Å²) >= 11 is 1.49. The van der Waals surface area contributed by atoms with Crippen molar-refractivity contribution >= 4 is 35.3 Å². The van der Waals surface area contributed by atoms with Crippen molar-refractivity contribution in [2.45, 2.75) is 12.5 Å². The lowest BCUT2D eigenvalue weighted by Gasteiger charge is -2.24. The number of aromatic nitrogens is 1. The Bertz CT molecular complexity index is 843. The van der Waals surface area contributed by atoms with Gasteiger partial charge in [-0.2, -0.15) is 11.8 Å². The Labute approximate surface area is 160 Å². The molecule has 0 spiro atoms. The summed E-state index contributed by atoms with van der Waals surface area (Å²) in [5.74, 6) is -1.64. The molecule has 0 aliphatic carbocycles. The van der Waals surface area contributed by atoms with Crippen molar-refractivity contribution in [3.8, 4) is 0 Å². The van der Waals surface area contributed by atoms with Crippen molar-refractivity contribution in [3.63, 3.8) is 0 Å². The number of nitrogens with one attached hydrogen (secondary N) is 1. The first-order valence-electron chi connectivity index (χ1n) is 8.33. The molecule has 2 aromatic rings. The van der Waals surface area contributed by atoms with Gasteiger partial charge in [0.1, 0.15) is 6.04 Å². The van der Waals surface area contributed by atoms with Crippen LogP contribution < -0.4 is 0 Å². The zero-order chi connectivity index (χ0) is 19.4. The smallest absolute Gasteiger partial charge is 0.329 e. The number of hydrogen-bond acceptors (Lipinski definition) is 6. The van der Waals surface area contributed by atoms with Crippen LogP contribution in [0.1, 0.15) is 37.6 Å². The molecule has 0 fully saturated rings. The highest BCUT2D eigenvalue weighted by Crippen LogP contribution is 2.26. The molecule has 140 valence electrons. The third-order valence-electron chi connectivity index (χ3n) is 4.25. The summed E-state index contributed by atoms with van der Waals surface area (Å²) in [7, 11) is 0. The summed E-state index contributed by atoms with van der Waals surface area (Å²) < 4.78 is 5.13. The van der Waals surface area contributed by atoms with E-state index in [0.29, 0.717) is 11.4 Å². The molecule has 8 heteroatoms. The molecule has 0 unspecified atom stereocenters. The molecule has 1 N–H and O–H groups in total. The van der Waals surface area contributed by atoms with Crippen molar-refractivity contribution in [2.24, 2.45) is 0 Å². The first kappa shape index (κ1) is 18.9. The SMILES string of the molecule is CSCC[C@H](C(=O)OCC(=O)c1ccc[nH]1)N1C(=O)c2ccccc2C1=O. The monoisotopic (exact) mass is 386 g/mol. The predicted molar refractivity (Wildman–Crippen MR) is 99.8 cm³/mol. The van der Waals surface area contributed by atoms with Crippen molar-refractivity contribution in [2.75, 3.05) is 18.6 Å². The number of nitrogens with zero attached hydrogens (tertiary/aromatic N) is 1. The average molecular weight is 386 g/mol. The van der Waals surface area contributed by atoms with Crippen LogP contribution in [-0.4, -0.2) is 58.1 Å². The first-order chi connectivity index (χ1) is 13.0. The third kappa shape index (κ3) is 3.80. The molecule has 0 radical (unpaired) electrons. The maximum absolute atomic E-state index is 12.7. The van der Waals surface area contributed by atoms with Crippen LogP contribution in [0.25, 0.3) is 0 Å². The fourth-order valence-electron chi connectivity index (χ4n) is 2.89. The number of aromatic amines is 1. The fourth-order valence-corrected chi connectivity index (χ4v) is 3.35. The van der Waals surface area contributed by atoms with E-state index >= 15 is 0 Å². The molecule has 1 aromatic carbocycles. The van der Waals surface area contributed by atoms with Crippen molar-refractivity contribution in [1.82, 2.24) is 9.88 Å². The zero-order valence-electron chi connectivity index (χ0n) is 14.6. The summed E-state index contributed by atoms with van der Waals surface area (Å²) in [4.78, 5) is 53.6. The number of H-pyrrole nitrogens is 1. The Morgan fingerprint density at radius 2 is 1.78 bits per heavy atom. The number of benzene rings is 1. The van der Waals surface area contributed by atoms with Crippen LogP contribution in [0.3, 0.4) is 0 Å². The van der Waals surface area contributed by atoms with Gasteiger partial charge in [-0.25, -0.2) is 4.79 Å². The summed E-state index contributed by atoms with van der Waals surface area (Å²) in [5, 5.41) is 0. The molecule has 0 saturated heterocycles. The van der Waals surface area contributed by atoms with Crippen LogP contribution in [0.4, 0.5) is 0 Å². The van der Waals surface area contributed by atoms with Gasteiger partial charge in [0.05, 0.1) is 16.8 Å². The van der Waals surface area contributed by atoms with Gasteiger partial charge >= 0.3 is 5.97 Å². The van der Waals surface area contributed by atoms with E-state index in [1.165, 1.54) is 11.8 Å². The second-order valence-corrected chi connectivity index (χ2v) is 6.92. The van der Waals surface area contributed by atoms with Crippen LogP contribution >= 0.6 is 11.8 Å². The number of esters is 1. The number of thioether (sulfide) groups is 1. The molecule has 1 aliphatic heterocycles. The lowest BCUT2D eigenvalue weighted by Crippen LogP contribution is -2.46. The van der Waals surface area contributed by atoms with E-state index in [2.05, 4.69) is 4.98 Å². The van der Waals surface area contributed by atoms with Gasteiger partial charge in [-0.3, -0.25) is 19.3 Å². The Morgan fingerprint density at radius 1 is 1.11 bits per heavy atom. The summed E-state index contributed by atoms with van der Waals surface area (Å²) in [5.41, 5.74) is 0.864. The van der Waals surface area contributed by atoms with Gasteiger partial charge in [0.15, 0.2) is 6.61 Å². The normalized spacial score (nSPS) is 14.2. The van der Waals surface area contributed by atoms with E-state index in [1.807, 2.05) is 6.26 Å². The van der Waals surface area contributed by atoms with E-state index in [9.17, 15) is 19.2 Å². The standard InChI is InChI=1S/C19H18N2O5S/c1-27-10-8-15(19(25)26-11-16(22)14-7-4-9-20-14)21-17(23)12-5-2-3-6-13(12)18(21)24/h2-7,9,15,20H,8,10-11H2,1H3/t15-/m1/s1. The number of fused-ring (bicyclic) bond motifs is 1. The van der Waals surface area contributed by atoms with Gasteiger partial charge in [-0.05, 0) is 42.7 Å². The highest BCUT2D eigenvalue weighted by molar-refractivity contribution is 7.98. The Kier molecular flexibility index (Phi) is 5.75. The number of ether oxygens (including phenoxy) is 1. The molecule has 3 rings (SSSR count). The molecular weight excluding hydrogens is 368 g/mol. The second-order valence-electron chi connectivity index (χ2n) is 5.94. The molecule has 7 nitrogen and oxygen atoms in total. The van der Waals surface area contributed by atoms with Gasteiger partial charge in [0.25, 0.3) is 11.8 Å². The number of carbonyl (C=O) groups excluding carboxylic acids is 4. The lowest BCUT2D eigenvalue weighted by atomic mass is 10.1. The molecule has 0 bridgehead atoms. The number of Topliss-reactive ketones (excluding diaryl/α,β-unsaturated/α-hetero) is 1. The van der Waals surface area contributed by atoms with Crippen molar-refractivity contribution in [1.29, 1.82) is 0 Å². The summed E-state index contributed by atoms with van der Waals surface area (Å²) in [6.07, 6.45) is 3.71. The minimum Gasteiger partial charge on any atom is -0.456 e. The Hall–Kier alpha value is -2.87. The van der Waals surface area contributed by atoms with Crippen LogP contribution in [-0.2, 0) is 9.53 Å². The highest BCUT2D eigenvalue weighted by atomic mass is 32.2. The van der Waals surface area contributed by atoms with E-state index in [-0.39, 0.29) is 23.3 Å². The zero-order valence-corrected chi connectivity index (χ0v) is 15.5. The van der Waals surface area contributed by atoms with Crippen LogP contribution in [0.15, 0.2) is 42.6 Å². The van der Waals surface area contributed by atoms with Gasteiger partial charge in [-0.15, -0.1) is 0 Å². The first-order valence-corrected chi connectivity index (χ1v) is 9.73. The lowest BCUT2D eigenvalue weighted by molar-refractivity contribution is -0.147. The molecule has 1 atom stereocenters. The number of imide groups is 1. The van der Waals surface area contributed by atoms with Crippen LogP contribution in [0.2, 0.25) is 0 Å². The Balaban J connectivity index is 1.76. The largest absolute Gasteiger partial charge is 0.456 e. The molecular formula is C19H18N2O5S. The third-order valence-corrected chi connectivity index (χ3v) is 4.89. The maximum Gasteiger partial charge on any atom is 0.329 e. The van der Waals surface area contributed by atoms with Gasteiger partial charge in [-0.1, -0.05) is 12.1 Å². The quantitative estimate of drug-likeness (QED) is 0.424. The number of ketones is 1. The maximum atomic E-state index is 12.7. The van der Waals surface area contributed by atoms with Gasteiger partial charge in [0.2, 0.25) is 5.78 Å².